The standard InChI is InChI=1S/C22H24N4O3.2ClH/c1-14-8-16(15-4-2-6-23-11-15)9-18-21(14)25-13-26(22(18)29)12-17(27)10-19-20(28)5-3-7-24-19;;/h2,4,6,8-9,11,13,19-20,24,28H,3,5,7,10,12H2,1H3;2*1H/t19-,20+;;/m1../s1. The third kappa shape index (κ3) is 5.49. The van der Waals surface area contributed by atoms with E-state index in [1.54, 1.807) is 12.4 Å². The maximum absolute atomic E-state index is 13.0. The van der Waals surface area contributed by atoms with Crippen molar-refractivity contribution in [3.63, 3.8) is 0 Å². The Labute approximate surface area is 192 Å². The molecule has 2 N–H and O–H groups in total. The second kappa shape index (κ2) is 10.8. The zero-order valence-corrected chi connectivity index (χ0v) is 18.8. The molecule has 9 heteroatoms. The van der Waals surface area contributed by atoms with Gasteiger partial charge in [-0.1, -0.05) is 6.07 Å². The average molecular weight is 465 g/mol. The number of carbonyl (C=O) groups is 1. The van der Waals surface area contributed by atoms with Crippen molar-refractivity contribution in [2.75, 3.05) is 6.54 Å². The van der Waals surface area contributed by atoms with Crippen molar-refractivity contribution in [3.8, 4) is 11.1 Å². The number of pyridine rings is 1. The van der Waals surface area contributed by atoms with E-state index in [4.69, 9.17) is 0 Å². The van der Waals surface area contributed by atoms with Gasteiger partial charge in [0.25, 0.3) is 5.56 Å². The molecule has 2 atom stereocenters. The van der Waals surface area contributed by atoms with Crippen LogP contribution in [0.5, 0.6) is 0 Å². The molecule has 3 heterocycles. The van der Waals surface area contributed by atoms with E-state index in [1.807, 2.05) is 31.2 Å². The van der Waals surface area contributed by atoms with Crippen LogP contribution in [0.4, 0.5) is 0 Å². The van der Waals surface area contributed by atoms with Crippen molar-refractivity contribution in [2.45, 2.75) is 44.9 Å². The SMILES string of the molecule is Cc1cc(-c2cccnc2)cc2c(=O)n(CC(=O)C[C@H]3NCCC[C@@H]3O)cnc12.Cl.Cl. The number of benzene rings is 1. The lowest BCUT2D eigenvalue weighted by Crippen LogP contribution is -2.46. The number of Topliss-reactive ketones (excluding diaryl/α,β-unsaturated/α-hetero) is 1. The summed E-state index contributed by atoms with van der Waals surface area (Å²) in [5.74, 6) is -0.105. The molecule has 31 heavy (non-hydrogen) atoms. The Hall–Kier alpha value is -2.32. The Morgan fingerprint density at radius 2 is 2.10 bits per heavy atom. The van der Waals surface area contributed by atoms with Gasteiger partial charge in [0, 0.05) is 30.4 Å². The number of hydrogen-bond acceptors (Lipinski definition) is 6. The zero-order valence-electron chi connectivity index (χ0n) is 17.2. The fourth-order valence-electron chi connectivity index (χ4n) is 3.91. The van der Waals surface area contributed by atoms with Gasteiger partial charge >= 0.3 is 0 Å². The molecule has 0 aliphatic carbocycles. The molecule has 1 saturated heterocycles. The van der Waals surface area contributed by atoms with Crippen LogP contribution in [-0.4, -0.2) is 44.1 Å². The Bertz CT molecular complexity index is 1110. The summed E-state index contributed by atoms with van der Waals surface area (Å²) in [5.41, 5.74) is 3.10. The molecule has 0 bridgehead atoms. The smallest absolute Gasteiger partial charge is 0.261 e. The van der Waals surface area contributed by atoms with Crippen molar-refractivity contribution in [1.29, 1.82) is 0 Å². The molecule has 0 spiro atoms. The monoisotopic (exact) mass is 464 g/mol. The van der Waals surface area contributed by atoms with Crippen molar-refractivity contribution in [1.82, 2.24) is 19.9 Å². The van der Waals surface area contributed by atoms with E-state index in [9.17, 15) is 14.7 Å². The summed E-state index contributed by atoms with van der Waals surface area (Å²) >= 11 is 0. The lowest BCUT2D eigenvalue weighted by molar-refractivity contribution is -0.121. The molecule has 0 radical (unpaired) electrons. The Balaban J connectivity index is 0.00000171. The molecular weight excluding hydrogens is 439 g/mol. The van der Waals surface area contributed by atoms with Crippen LogP contribution in [0.3, 0.4) is 0 Å². The number of piperidine rings is 1. The van der Waals surface area contributed by atoms with E-state index in [0.29, 0.717) is 17.3 Å². The van der Waals surface area contributed by atoms with E-state index in [0.717, 1.165) is 29.7 Å². The van der Waals surface area contributed by atoms with E-state index < -0.39 is 6.10 Å². The molecule has 0 unspecified atom stereocenters. The lowest BCUT2D eigenvalue weighted by atomic mass is 9.97. The van der Waals surface area contributed by atoms with Crippen LogP contribution in [0.1, 0.15) is 24.8 Å². The van der Waals surface area contributed by atoms with Crippen molar-refractivity contribution in [2.24, 2.45) is 0 Å². The molecular formula is C22H26Cl2N4O3. The first-order valence-corrected chi connectivity index (χ1v) is 9.86. The predicted octanol–water partition coefficient (Wildman–Crippen LogP) is 2.68. The minimum atomic E-state index is -0.524. The number of nitrogens with one attached hydrogen (secondary N) is 1. The van der Waals surface area contributed by atoms with Gasteiger partial charge in [-0.2, -0.15) is 0 Å². The number of rotatable bonds is 5. The van der Waals surface area contributed by atoms with E-state index >= 15 is 0 Å². The average Bonchev–Trinajstić information content (AvgIpc) is 2.72. The second-order valence-corrected chi connectivity index (χ2v) is 7.62. The highest BCUT2D eigenvalue weighted by Crippen LogP contribution is 2.24. The van der Waals surface area contributed by atoms with Crippen molar-refractivity contribution in [3.05, 3.63) is 58.9 Å². The number of nitrogens with zero attached hydrogens (tertiary/aromatic N) is 3. The van der Waals surface area contributed by atoms with Crippen LogP contribution in [0.25, 0.3) is 22.0 Å². The van der Waals surface area contributed by atoms with Crippen LogP contribution in [0.15, 0.2) is 47.8 Å². The third-order valence-electron chi connectivity index (χ3n) is 5.45. The van der Waals surface area contributed by atoms with E-state index in [1.165, 1.54) is 10.9 Å². The molecule has 1 aliphatic heterocycles. The number of hydrogen-bond donors (Lipinski definition) is 2. The maximum Gasteiger partial charge on any atom is 0.261 e. The Morgan fingerprint density at radius 1 is 1.29 bits per heavy atom. The molecule has 166 valence electrons. The number of ketones is 1. The summed E-state index contributed by atoms with van der Waals surface area (Å²) in [6.45, 7) is 2.66. The van der Waals surface area contributed by atoms with E-state index in [-0.39, 0.29) is 55.2 Å². The summed E-state index contributed by atoms with van der Waals surface area (Å²) in [6, 6.07) is 7.33. The number of halogens is 2. The topological polar surface area (TPSA) is 97.1 Å². The van der Waals surface area contributed by atoms with Gasteiger partial charge in [0.15, 0.2) is 5.78 Å². The largest absolute Gasteiger partial charge is 0.391 e. The number of aliphatic hydroxyl groups is 1. The van der Waals surface area contributed by atoms with Crippen molar-refractivity contribution < 1.29 is 9.90 Å². The van der Waals surface area contributed by atoms with Gasteiger partial charge in [-0.15, -0.1) is 24.8 Å². The molecule has 2 aromatic heterocycles. The van der Waals surface area contributed by atoms with Gasteiger partial charge in [0.2, 0.25) is 0 Å². The Morgan fingerprint density at radius 3 is 2.81 bits per heavy atom. The number of aliphatic hydroxyl groups excluding tert-OH is 1. The van der Waals surface area contributed by atoms with Gasteiger partial charge in [0.05, 0.1) is 29.9 Å². The van der Waals surface area contributed by atoms with Crippen LogP contribution in [-0.2, 0) is 11.3 Å². The molecule has 1 aliphatic rings. The molecule has 4 rings (SSSR count). The van der Waals surface area contributed by atoms with Crippen LogP contribution < -0.4 is 10.9 Å². The quantitative estimate of drug-likeness (QED) is 0.602. The second-order valence-electron chi connectivity index (χ2n) is 7.62. The summed E-state index contributed by atoms with van der Waals surface area (Å²) < 4.78 is 1.35. The summed E-state index contributed by atoms with van der Waals surface area (Å²) in [7, 11) is 0. The maximum atomic E-state index is 13.0. The highest BCUT2D eigenvalue weighted by molar-refractivity contribution is 5.87. The zero-order chi connectivity index (χ0) is 20.4. The normalized spacial score (nSPS) is 18.1. The molecule has 0 amide bonds. The molecule has 1 fully saturated rings. The summed E-state index contributed by atoms with van der Waals surface area (Å²) in [5, 5.41) is 13.7. The first-order chi connectivity index (χ1) is 14.0. The molecule has 7 nitrogen and oxygen atoms in total. The number of aromatic nitrogens is 3. The minimum Gasteiger partial charge on any atom is -0.391 e. The lowest BCUT2D eigenvalue weighted by Gasteiger charge is -2.28. The first kappa shape index (κ1) is 24.9. The summed E-state index contributed by atoms with van der Waals surface area (Å²) in [6.07, 6.45) is 6.16. The highest BCUT2D eigenvalue weighted by atomic mass is 35.5. The van der Waals surface area contributed by atoms with Gasteiger partial charge in [0.1, 0.15) is 0 Å². The molecule has 1 aromatic carbocycles. The van der Waals surface area contributed by atoms with Crippen LogP contribution in [0, 0.1) is 6.92 Å². The highest BCUT2D eigenvalue weighted by Gasteiger charge is 2.25. The third-order valence-corrected chi connectivity index (χ3v) is 5.45. The van der Waals surface area contributed by atoms with Gasteiger partial charge in [-0.05, 0) is 55.6 Å². The minimum absolute atomic E-state index is 0. The van der Waals surface area contributed by atoms with Gasteiger partial charge < -0.3 is 10.4 Å². The van der Waals surface area contributed by atoms with Gasteiger partial charge in [-0.25, -0.2) is 4.98 Å². The number of carbonyl (C=O) groups excluding carboxylic acids is 1. The fourth-order valence-corrected chi connectivity index (χ4v) is 3.91. The van der Waals surface area contributed by atoms with E-state index in [2.05, 4.69) is 15.3 Å². The molecule has 3 aromatic rings. The summed E-state index contributed by atoms with van der Waals surface area (Å²) in [4.78, 5) is 34.1. The first-order valence-electron chi connectivity index (χ1n) is 9.86. The number of aryl methyl sites for hydroxylation is 1. The number of fused-ring (bicyclic) bond motifs is 1. The Kier molecular flexibility index (Phi) is 8.70. The van der Waals surface area contributed by atoms with Crippen LogP contribution in [0.2, 0.25) is 0 Å². The predicted molar refractivity (Wildman–Crippen MR) is 125 cm³/mol. The van der Waals surface area contributed by atoms with Crippen molar-refractivity contribution >= 4 is 41.5 Å². The van der Waals surface area contributed by atoms with Crippen LogP contribution >= 0.6 is 24.8 Å². The fraction of sp³-hybridized carbons (Fsp3) is 0.364. The molecule has 0 saturated carbocycles. The van der Waals surface area contributed by atoms with Gasteiger partial charge in [-0.3, -0.25) is 19.1 Å².